The van der Waals surface area contributed by atoms with E-state index in [1.54, 1.807) is 0 Å². The van der Waals surface area contributed by atoms with E-state index in [0.29, 0.717) is 0 Å². The molecule has 0 spiro atoms. The molecule has 94 valence electrons. The molecular formula is C10H9ClF3NO2. The monoisotopic (exact) mass is 267 g/mol. The molecule has 0 aliphatic rings. The normalized spacial score (nSPS) is 13.5. The lowest BCUT2D eigenvalue weighted by Crippen LogP contribution is -2.32. The van der Waals surface area contributed by atoms with Crippen molar-refractivity contribution >= 4 is 17.6 Å². The molecule has 0 radical (unpaired) electrons. The first-order valence-corrected chi connectivity index (χ1v) is 4.93. The van der Waals surface area contributed by atoms with Crippen molar-refractivity contribution in [3.8, 4) is 0 Å². The third-order valence-electron chi connectivity index (χ3n) is 2.13. The van der Waals surface area contributed by atoms with Gasteiger partial charge in [-0.1, -0.05) is 11.6 Å². The van der Waals surface area contributed by atoms with Crippen LogP contribution in [0.15, 0.2) is 18.2 Å². The van der Waals surface area contributed by atoms with Gasteiger partial charge in [0.2, 0.25) is 0 Å². The van der Waals surface area contributed by atoms with Crippen molar-refractivity contribution in [2.24, 2.45) is 5.73 Å². The van der Waals surface area contributed by atoms with Crippen LogP contribution in [-0.4, -0.2) is 17.1 Å². The van der Waals surface area contributed by atoms with Gasteiger partial charge in [0.15, 0.2) is 0 Å². The lowest BCUT2D eigenvalue weighted by molar-refractivity contribution is -0.138. The summed E-state index contributed by atoms with van der Waals surface area (Å²) in [6, 6.07) is 1.44. The molecule has 0 aliphatic carbocycles. The van der Waals surface area contributed by atoms with Crippen molar-refractivity contribution < 1.29 is 23.1 Å². The zero-order valence-corrected chi connectivity index (χ0v) is 9.22. The summed E-state index contributed by atoms with van der Waals surface area (Å²) < 4.78 is 37.2. The van der Waals surface area contributed by atoms with Crippen LogP contribution in [0.25, 0.3) is 0 Å². The number of rotatable bonds is 3. The molecule has 0 aromatic heterocycles. The van der Waals surface area contributed by atoms with Gasteiger partial charge in [0.25, 0.3) is 0 Å². The van der Waals surface area contributed by atoms with Gasteiger partial charge >= 0.3 is 12.1 Å². The SMILES string of the molecule is N[C@@H](Cc1cc(C(F)(F)F)ccc1Cl)C(=O)O. The Morgan fingerprint density at radius 3 is 2.53 bits per heavy atom. The second-order valence-electron chi connectivity index (χ2n) is 3.45. The van der Waals surface area contributed by atoms with Crippen LogP contribution < -0.4 is 5.73 Å². The van der Waals surface area contributed by atoms with Crippen LogP contribution >= 0.6 is 11.6 Å². The smallest absolute Gasteiger partial charge is 0.416 e. The molecule has 0 saturated heterocycles. The van der Waals surface area contributed by atoms with Gasteiger partial charge in [0.1, 0.15) is 6.04 Å². The highest BCUT2D eigenvalue weighted by atomic mass is 35.5. The van der Waals surface area contributed by atoms with Gasteiger partial charge in [0, 0.05) is 5.02 Å². The molecule has 0 heterocycles. The average molecular weight is 268 g/mol. The van der Waals surface area contributed by atoms with Gasteiger partial charge in [0.05, 0.1) is 5.56 Å². The van der Waals surface area contributed by atoms with Gasteiger partial charge in [-0.25, -0.2) is 0 Å². The maximum atomic E-state index is 12.4. The van der Waals surface area contributed by atoms with Gasteiger partial charge in [-0.05, 0) is 30.2 Å². The number of alkyl halides is 3. The van der Waals surface area contributed by atoms with E-state index in [-0.39, 0.29) is 17.0 Å². The fraction of sp³-hybridized carbons (Fsp3) is 0.300. The number of benzene rings is 1. The molecular weight excluding hydrogens is 259 g/mol. The number of halogens is 4. The predicted octanol–water partition coefficient (Wildman–Crippen LogP) is 2.31. The number of nitrogens with two attached hydrogens (primary N) is 1. The number of carbonyl (C=O) groups is 1. The molecule has 0 bridgehead atoms. The first-order chi connectivity index (χ1) is 7.71. The number of carboxylic acid groups (broad SMARTS) is 1. The quantitative estimate of drug-likeness (QED) is 0.883. The minimum Gasteiger partial charge on any atom is -0.480 e. The summed E-state index contributed by atoms with van der Waals surface area (Å²) >= 11 is 5.68. The van der Waals surface area contributed by atoms with E-state index < -0.39 is 23.8 Å². The zero-order valence-electron chi connectivity index (χ0n) is 8.46. The molecule has 3 nitrogen and oxygen atoms in total. The summed E-state index contributed by atoms with van der Waals surface area (Å²) in [5.74, 6) is -1.29. The van der Waals surface area contributed by atoms with Crippen LogP contribution in [0, 0.1) is 0 Å². The van der Waals surface area contributed by atoms with Crippen LogP contribution in [0.3, 0.4) is 0 Å². The van der Waals surface area contributed by atoms with Gasteiger partial charge in [-0.15, -0.1) is 0 Å². The Kier molecular flexibility index (Phi) is 4.00. The fourth-order valence-electron chi connectivity index (χ4n) is 1.23. The van der Waals surface area contributed by atoms with E-state index in [4.69, 9.17) is 22.4 Å². The highest BCUT2D eigenvalue weighted by Crippen LogP contribution is 2.32. The minimum atomic E-state index is -4.49. The summed E-state index contributed by atoms with van der Waals surface area (Å²) in [5.41, 5.74) is 4.42. The maximum Gasteiger partial charge on any atom is 0.416 e. The molecule has 0 fully saturated rings. The molecule has 1 rings (SSSR count). The Morgan fingerprint density at radius 1 is 1.47 bits per heavy atom. The predicted molar refractivity (Wildman–Crippen MR) is 55.8 cm³/mol. The second kappa shape index (κ2) is 4.93. The van der Waals surface area contributed by atoms with E-state index in [0.717, 1.165) is 18.2 Å². The van der Waals surface area contributed by atoms with Crippen molar-refractivity contribution in [3.63, 3.8) is 0 Å². The summed E-state index contributed by atoms with van der Waals surface area (Å²) in [6.45, 7) is 0. The van der Waals surface area contributed by atoms with Crippen molar-refractivity contribution in [2.75, 3.05) is 0 Å². The molecule has 1 aromatic carbocycles. The van der Waals surface area contributed by atoms with Gasteiger partial charge in [-0.2, -0.15) is 13.2 Å². The molecule has 0 amide bonds. The second-order valence-corrected chi connectivity index (χ2v) is 3.86. The third kappa shape index (κ3) is 3.61. The molecule has 1 aromatic rings. The van der Waals surface area contributed by atoms with E-state index in [1.165, 1.54) is 0 Å². The molecule has 1 atom stereocenters. The van der Waals surface area contributed by atoms with Crippen molar-refractivity contribution in [3.05, 3.63) is 34.3 Å². The van der Waals surface area contributed by atoms with Crippen LogP contribution in [0.2, 0.25) is 5.02 Å². The van der Waals surface area contributed by atoms with E-state index in [9.17, 15) is 18.0 Å². The third-order valence-corrected chi connectivity index (χ3v) is 2.50. The van der Waals surface area contributed by atoms with Gasteiger partial charge in [-0.3, -0.25) is 4.79 Å². The topological polar surface area (TPSA) is 63.3 Å². The van der Waals surface area contributed by atoms with Crippen molar-refractivity contribution in [1.29, 1.82) is 0 Å². The Balaban J connectivity index is 3.03. The minimum absolute atomic E-state index is 0.0645. The number of carboxylic acids is 1. The number of aliphatic carboxylic acids is 1. The van der Waals surface area contributed by atoms with E-state index in [2.05, 4.69) is 0 Å². The lowest BCUT2D eigenvalue weighted by atomic mass is 10.0. The van der Waals surface area contributed by atoms with Crippen molar-refractivity contribution in [1.82, 2.24) is 0 Å². The van der Waals surface area contributed by atoms with Crippen LogP contribution in [0.4, 0.5) is 13.2 Å². The van der Waals surface area contributed by atoms with E-state index in [1.807, 2.05) is 0 Å². The molecule has 3 N–H and O–H groups in total. The summed E-state index contributed by atoms with van der Waals surface area (Å²) in [6.07, 6.45) is -4.75. The summed E-state index contributed by atoms with van der Waals surface area (Å²) in [7, 11) is 0. The van der Waals surface area contributed by atoms with Crippen LogP contribution in [-0.2, 0) is 17.4 Å². The molecule has 17 heavy (non-hydrogen) atoms. The Hall–Kier alpha value is -1.27. The van der Waals surface area contributed by atoms with Crippen LogP contribution in [0.1, 0.15) is 11.1 Å². The largest absolute Gasteiger partial charge is 0.480 e. The Bertz CT molecular complexity index is 434. The number of hydrogen-bond acceptors (Lipinski definition) is 2. The molecule has 0 saturated carbocycles. The highest BCUT2D eigenvalue weighted by Gasteiger charge is 2.31. The molecule has 0 unspecified atom stereocenters. The summed E-state index contributed by atoms with van der Waals surface area (Å²) in [4.78, 5) is 10.5. The molecule has 0 aliphatic heterocycles. The lowest BCUT2D eigenvalue weighted by Gasteiger charge is -2.12. The fourth-order valence-corrected chi connectivity index (χ4v) is 1.43. The standard InChI is InChI=1S/C10H9ClF3NO2/c11-7-2-1-6(10(12,13)14)3-5(7)4-8(15)9(16)17/h1-3,8H,4,15H2,(H,16,17)/t8-/m0/s1. The zero-order chi connectivity index (χ0) is 13.2. The first kappa shape index (κ1) is 13.8. The first-order valence-electron chi connectivity index (χ1n) is 4.56. The van der Waals surface area contributed by atoms with Gasteiger partial charge < -0.3 is 10.8 Å². The molecule has 7 heteroatoms. The summed E-state index contributed by atoms with van der Waals surface area (Å²) in [5, 5.41) is 8.64. The average Bonchev–Trinajstić information content (AvgIpc) is 2.19. The Labute approximate surface area is 100.0 Å². The van der Waals surface area contributed by atoms with E-state index >= 15 is 0 Å². The highest BCUT2D eigenvalue weighted by molar-refractivity contribution is 6.31. The Morgan fingerprint density at radius 2 is 2.06 bits per heavy atom. The van der Waals surface area contributed by atoms with Crippen LogP contribution in [0.5, 0.6) is 0 Å². The van der Waals surface area contributed by atoms with Crippen molar-refractivity contribution in [2.45, 2.75) is 18.6 Å². The maximum absolute atomic E-state index is 12.4. The number of hydrogen-bond donors (Lipinski definition) is 2.